The number of amides is 4. The third kappa shape index (κ3) is 2.82. The van der Waals surface area contributed by atoms with Crippen molar-refractivity contribution >= 4 is 27.7 Å². The van der Waals surface area contributed by atoms with Gasteiger partial charge in [0.25, 0.3) is 5.91 Å². The number of carbonyl (C=O) groups is 3. The van der Waals surface area contributed by atoms with Crippen LogP contribution in [0, 0.1) is 0 Å². The second kappa shape index (κ2) is 5.47. The van der Waals surface area contributed by atoms with Crippen molar-refractivity contribution in [2.75, 3.05) is 25.1 Å². The van der Waals surface area contributed by atoms with Gasteiger partial charge in [-0.05, 0) is 19.3 Å². The van der Waals surface area contributed by atoms with Crippen LogP contribution in [0.3, 0.4) is 0 Å². The number of hydrogen-bond acceptors (Lipinski definition) is 5. The number of likely N-dealkylation sites (N-methyl/N-ethyl adjacent to an activating group) is 1. The number of urea groups is 1. The van der Waals surface area contributed by atoms with Gasteiger partial charge in [-0.3, -0.25) is 14.5 Å². The lowest BCUT2D eigenvalue weighted by molar-refractivity contribution is -0.139. The van der Waals surface area contributed by atoms with E-state index in [4.69, 9.17) is 0 Å². The summed E-state index contributed by atoms with van der Waals surface area (Å²) in [6.07, 6.45) is 3.38. The summed E-state index contributed by atoms with van der Waals surface area (Å²) in [6.45, 7) is -0.334. The Bertz CT molecular complexity index is 653. The van der Waals surface area contributed by atoms with E-state index in [2.05, 4.69) is 5.32 Å². The standard InChI is InChI=1S/C14H21N3O5S/c1-16(10-4-7-23(21,22)9-10)11(18)8-17-12(19)14(15-13(17)20)5-2-3-6-14/h10H,2-9H2,1H3,(H,15,20)/t10-/m1/s1. The molecule has 8 nitrogen and oxygen atoms in total. The van der Waals surface area contributed by atoms with Gasteiger partial charge in [-0.25, -0.2) is 13.2 Å². The first-order valence-electron chi connectivity index (χ1n) is 7.84. The summed E-state index contributed by atoms with van der Waals surface area (Å²) in [4.78, 5) is 39.2. The highest BCUT2D eigenvalue weighted by Crippen LogP contribution is 2.35. The predicted molar refractivity (Wildman–Crippen MR) is 81.3 cm³/mol. The maximum Gasteiger partial charge on any atom is 0.325 e. The molecule has 1 saturated carbocycles. The van der Waals surface area contributed by atoms with Crippen molar-refractivity contribution in [1.29, 1.82) is 0 Å². The number of carbonyl (C=O) groups excluding carboxylic acids is 3. The molecule has 3 rings (SSSR count). The molecule has 0 unspecified atom stereocenters. The van der Waals surface area contributed by atoms with Crippen molar-refractivity contribution in [2.45, 2.75) is 43.7 Å². The van der Waals surface area contributed by atoms with Crippen molar-refractivity contribution in [3.63, 3.8) is 0 Å². The molecule has 2 aliphatic heterocycles. The molecule has 23 heavy (non-hydrogen) atoms. The van der Waals surface area contributed by atoms with Crippen molar-refractivity contribution < 1.29 is 22.8 Å². The Morgan fingerprint density at radius 3 is 2.57 bits per heavy atom. The van der Waals surface area contributed by atoms with E-state index in [1.807, 2.05) is 0 Å². The van der Waals surface area contributed by atoms with Gasteiger partial charge in [0.15, 0.2) is 9.84 Å². The van der Waals surface area contributed by atoms with Crippen molar-refractivity contribution in [3.05, 3.63) is 0 Å². The Morgan fingerprint density at radius 1 is 1.35 bits per heavy atom. The molecule has 0 aromatic rings. The molecule has 0 aromatic carbocycles. The van der Waals surface area contributed by atoms with E-state index in [-0.39, 0.29) is 30.0 Å². The molecule has 1 spiro atoms. The molecule has 3 aliphatic rings. The Labute approximate surface area is 135 Å². The summed E-state index contributed by atoms with van der Waals surface area (Å²) in [7, 11) is -1.57. The molecule has 1 N–H and O–H groups in total. The molecule has 0 aromatic heterocycles. The van der Waals surface area contributed by atoms with Gasteiger partial charge in [0, 0.05) is 13.1 Å². The summed E-state index contributed by atoms with van der Waals surface area (Å²) in [5.74, 6) is -0.729. The number of rotatable bonds is 3. The molecular formula is C14H21N3O5S. The highest BCUT2D eigenvalue weighted by molar-refractivity contribution is 7.91. The number of imide groups is 1. The third-order valence-corrected chi connectivity index (χ3v) is 6.90. The summed E-state index contributed by atoms with van der Waals surface area (Å²) in [5, 5.41) is 2.73. The second-order valence-corrected chi connectivity index (χ2v) is 8.90. The topological polar surface area (TPSA) is 104 Å². The fourth-order valence-electron chi connectivity index (χ4n) is 3.67. The van der Waals surface area contributed by atoms with Gasteiger partial charge in [-0.15, -0.1) is 0 Å². The molecule has 9 heteroatoms. The van der Waals surface area contributed by atoms with Crippen LogP contribution in [0.25, 0.3) is 0 Å². The largest absolute Gasteiger partial charge is 0.340 e. The van der Waals surface area contributed by atoms with Gasteiger partial charge < -0.3 is 10.2 Å². The number of nitrogens with zero attached hydrogens (tertiary/aromatic N) is 2. The second-order valence-electron chi connectivity index (χ2n) is 6.67. The van der Waals surface area contributed by atoms with Crippen molar-refractivity contribution in [3.8, 4) is 0 Å². The quantitative estimate of drug-likeness (QED) is 0.696. The van der Waals surface area contributed by atoms with Crippen LogP contribution in [0.15, 0.2) is 0 Å². The maximum absolute atomic E-state index is 12.5. The minimum Gasteiger partial charge on any atom is -0.340 e. The van der Waals surface area contributed by atoms with Gasteiger partial charge in [-0.2, -0.15) is 0 Å². The number of hydrogen-bond donors (Lipinski definition) is 1. The van der Waals surface area contributed by atoms with Crippen LogP contribution in [-0.2, 0) is 19.4 Å². The van der Waals surface area contributed by atoms with Crippen LogP contribution in [0.4, 0.5) is 4.79 Å². The maximum atomic E-state index is 12.5. The van der Waals surface area contributed by atoms with E-state index in [1.54, 1.807) is 0 Å². The summed E-state index contributed by atoms with van der Waals surface area (Å²) in [6, 6.07) is -0.911. The van der Waals surface area contributed by atoms with Gasteiger partial charge in [-0.1, -0.05) is 12.8 Å². The van der Waals surface area contributed by atoms with E-state index >= 15 is 0 Å². The van der Waals surface area contributed by atoms with Gasteiger partial charge in [0.2, 0.25) is 5.91 Å². The first-order chi connectivity index (χ1) is 10.7. The molecule has 2 heterocycles. The summed E-state index contributed by atoms with van der Waals surface area (Å²) >= 11 is 0. The van der Waals surface area contributed by atoms with E-state index < -0.39 is 27.3 Å². The van der Waals surface area contributed by atoms with Crippen LogP contribution < -0.4 is 5.32 Å². The Kier molecular flexibility index (Phi) is 3.86. The fourth-order valence-corrected chi connectivity index (χ4v) is 5.44. The predicted octanol–water partition coefficient (Wildman–Crippen LogP) is -0.503. The molecule has 0 radical (unpaired) electrons. The van der Waals surface area contributed by atoms with Gasteiger partial charge >= 0.3 is 6.03 Å². The molecular weight excluding hydrogens is 322 g/mol. The SMILES string of the molecule is CN(C(=O)CN1C(=O)NC2(CCCC2)C1=O)[C@@H]1CCS(=O)(=O)C1. The lowest BCUT2D eigenvalue weighted by Gasteiger charge is -2.25. The van der Waals surface area contributed by atoms with Crippen LogP contribution in [0.1, 0.15) is 32.1 Å². The van der Waals surface area contributed by atoms with Crippen LogP contribution >= 0.6 is 0 Å². The van der Waals surface area contributed by atoms with E-state index in [9.17, 15) is 22.8 Å². The Hall–Kier alpha value is -1.64. The Morgan fingerprint density at radius 2 is 2.00 bits per heavy atom. The summed E-state index contributed by atoms with van der Waals surface area (Å²) in [5.41, 5.74) is -0.827. The monoisotopic (exact) mass is 343 g/mol. The molecule has 0 bridgehead atoms. The number of sulfone groups is 1. The smallest absolute Gasteiger partial charge is 0.325 e. The zero-order valence-electron chi connectivity index (χ0n) is 13.1. The van der Waals surface area contributed by atoms with Crippen LogP contribution in [0.2, 0.25) is 0 Å². The van der Waals surface area contributed by atoms with Gasteiger partial charge in [0.05, 0.1) is 11.5 Å². The van der Waals surface area contributed by atoms with E-state index in [0.717, 1.165) is 17.7 Å². The average Bonchev–Trinajstić information content (AvgIpc) is 3.14. The van der Waals surface area contributed by atoms with Gasteiger partial charge in [0.1, 0.15) is 12.1 Å². The lowest BCUT2D eigenvalue weighted by Crippen LogP contribution is -2.47. The zero-order chi connectivity index (χ0) is 16.8. The third-order valence-electron chi connectivity index (χ3n) is 5.15. The molecule has 128 valence electrons. The normalized spacial score (nSPS) is 28.4. The molecule has 1 atom stereocenters. The zero-order valence-corrected chi connectivity index (χ0v) is 13.9. The molecule has 1 aliphatic carbocycles. The molecule has 4 amide bonds. The highest BCUT2D eigenvalue weighted by Gasteiger charge is 2.53. The highest BCUT2D eigenvalue weighted by atomic mass is 32.2. The van der Waals surface area contributed by atoms with Crippen molar-refractivity contribution in [2.24, 2.45) is 0 Å². The average molecular weight is 343 g/mol. The minimum atomic E-state index is -3.09. The van der Waals surface area contributed by atoms with E-state index in [1.165, 1.54) is 11.9 Å². The molecule has 2 saturated heterocycles. The number of nitrogens with one attached hydrogen (secondary N) is 1. The van der Waals surface area contributed by atoms with Crippen molar-refractivity contribution in [1.82, 2.24) is 15.1 Å². The lowest BCUT2D eigenvalue weighted by atomic mass is 9.98. The first-order valence-corrected chi connectivity index (χ1v) is 9.66. The first kappa shape index (κ1) is 16.2. The Balaban J connectivity index is 1.66. The molecule has 3 fully saturated rings. The minimum absolute atomic E-state index is 0.0562. The fraction of sp³-hybridized carbons (Fsp3) is 0.786. The van der Waals surface area contributed by atoms with E-state index in [0.29, 0.717) is 19.3 Å². The summed E-state index contributed by atoms with van der Waals surface area (Å²) < 4.78 is 23.0. The van der Waals surface area contributed by atoms with Crippen LogP contribution in [-0.4, -0.2) is 72.7 Å². The van der Waals surface area contributed by atoms with Crippen LogP contribution in [0.5, 0.6) is 0 Å².